The highest BCUT2D eigenvalue weighted by molar-refractivity contribution is 9.11. The zero-order valence-electron chi connectivity index (χ0n) is 9.74. The Morgan fingerprint density at radius 1 is 1.00 bits per heavy atom. The highest BCUT2D eigenvalue weighted by atomic mass is 79.9. The van der Waals surface area contributed by atoms with E-state index in [1.807, 2.05) is 18.2 Å². The van der Waals surface area contributed by atoms with Crippen molar-refractivity contribution in [3.05, 3.63) is 69.3 Å². The Kier molecular flexibility index (Phi) is 3.74. The molecule has 3 rings (SSSR count). The molecule has 0 fully saturated rings. The molecule has 0 N–H and O–H groups in total. The summed E-state index contributed by atoms with van der Waals surface area (Å²) in [5, 5.41) is 3.34. The highest BCUT2D eigenvalue weighted by Gasteiger charge is 2.18. The van der Waals surface area contributed by atoms with Gasteiger partial charge in [-0.25, -0.2) is 4.39 Å². The number of rotatable bonds is 2. The van der Waals surface area contributed by atoms with Crippen LogP contribution in [0, 0.1) is 5.82 Å². The van der Waals surface area contributed by atoms with Crippen molar-refractivity contribution in [3.63, 3.8) is 0 Å². The molecule has 0 amide bonds. The third kappa shape index (κ3) is 2.37. The molecule has 1 aromatic heterocycles. The van der Waals surface area contributed by atoms with Gasteiger partial charge in [-0.2, -0.15) is 0 Å². The van der Waals surface area contributed by atoms with Crippen LogP contribution in [0.3, 0.4) is 0 Å². The Morgan fingerprint density at radius 3 is 2.63 bits per heavy atom. The molecule has 0 radical (unpaired) electrons. The maximum absolute atomic E-state index is 13.6. The van der Waals surface area contributed by atoms with E-state index >= 15 is 0 Å². The maximum Gasteiger partial charge on any atom is 0.137 e. The Labute approximate surface area is 131 Å². The predicted molar refractivity (Wildman–Crippen MR) is 86.7 cm³/mol. The third-order valence-electron chi connectivity index (χ3n) is 3.04. The second kappa shape index (κ2) is 5.35. The van der Waals surface area contributed by atoms with Crippen molar-refractivity contribution >= 4 is 53.3 Å². The molecule has 0 spiro atoms. The quantitative estimate of drug-likeness (QED) is 0.444. The van der Waals surface area contributed by atoms with Gasteiger partial charge in [-0.05, 0) is 50.0 Å². The van der Waals surface area contributed by atoms with Gasteiger partial charge in [0.1, 0.15) is 5.82 Å². The summed E-state index contributed by atoms with van der Waals surface area (Å²) in [6, 6.07) is 13.4. The number of fused-ring (bicyclic) bond motifs is 1. The van der Waals surface area contributed by atoms with E-state index in [1.165, 1.54) is 21.7 Å². The van der Waals surface area contributed by atoms with Gasteiger partial charge in [0.25, 0.3) is 0 Å². The third-order valence-corrected chi connectivity index (χ3v) is 5.84. The van der Waals surface area contributed by atoms with Gasteiger partial charge in [-0.1, -0.05) is 46.3 Å². The van der Waals surface area contributed by atoms with Crippen LogP contribution in [-0.4, -0.2) is 0 Å². The molecule has 0 aliphatic rings. The second-order valence-electron chi connectivity index (χ2n) is 4.19. The van der Waals surface area contributed by atoms with Crippen LogP contribution >= 0.6 is 43.2 Å². The van der Waals surface area contributed by atoms with Gasteiger partial charge in [-0.3, -0.25) is 0 Å². The fourth-order valence-electron chi connectivity index (χ4n) is 2.08. The zero-order chi connectivity index (χ0) is 13.4. The number of alkyl halides is 1. The van der Waals surface area contributed by atoms with E-state index in [2.05, 4.69) is 49.4 Å². The summed E-state index contributed by atoms with van der Waals surface area (Å²) in [6.07, 6.45) is 0. The Morgan fingerprint density at radius 2 is 1.79 bits per heavy atom. The minimum absolute atomic E-state index is 0.0197. The van der Waals surface area contributed by atoms with Crippen molar-refractivity contribution in [2.75, 3.05) is 0 Å². The predicted octanol–water partition coefficient (Wildman–Crippen LogP) is 6.29. The monoisotopic (exact) mass is 398 g/mol. The van der Waals surface area contributed by atoms with Crippen molar-refractivity contribution in [2.45, 2.75) is 4.83 Å². The molecule has 19 heavy (non-hydrogen) atoms. The summed E-state index contributed by atoms with van der Waals surface area (Å²) in [4.78, 5) is -0.0197. The largest absolute Gasteiger partial charge is 0.206 e. The van der Waals surface area contributed by atoms with Crippen LogP contribution in [0.1, 0.15) is 16.0 Å². The van der Waals surface area contributed by atoms with Gasteiger partial charge < -0.3 is 0 Å². The molecule has 0 bridgehead atoms. The maximum atomic E-state index is 13.6. The van der Waals surface area contributed by atoms with Crippen LogP contribution in [0.4, 0.5) is 4.39 Å². The fourth-order valence-corrected chi connectivity index (χ4v) is 4.80. The number of hydrogen-bond donors (Lipinski definition) is 0. The fraction of sp³-hybridized carbons (Fsp3) is 0.0667. The summed E-state index contributed by atoms with van der Waals surface area (Å²) in [7, 11) is 0. The summed E-state index contributed by atoms with van der Waals surface area (Å²) >= 11 is 8.73. The van der Waals surface area contributed by atoms with E-state index < -0.39 is 0 Å². The molecule has 0 nitrogen and oxygen atoms in total. The lowest BCUT2D eigenvalue weighted by Crippen LogP contribution is -1.94. The van der Waals surface area contributed by atoms with Crippen molar-refractivity contribution in [1.29, 1.82) is 0 Å². The molecular formula is C15H9Br2FS. The van der Waals surface area contributed by atoms with Gasteiger partial charge >= 0.3 is 0 Å². The SMILES string of the molecule is Fc1cccc(C(Br)c2csc3ccccc23)c1Br. The number of benzene rings is 2. The first-order chi connectivity index (χ1) is 9.18. The van der Waals surface area contributed by atoms with Gasteiger partial charge in [0.05, 0.1) is 9.30 Å². The van der Waals surface area contributed by atoms with Crippen LogP contribution < -0.4 is 0 Å². The molecule has 1 unspecified atom stereocenters. The molecule has 1 atom stereocenters. The van der Waals surface area contributed by atoms with Crippen LogP contribution in [0.15, 0.2) is 52.3 Å². The smallest absolute Gasteiger partial charge is 0.137 e. The standard InChI is InChI=1S/C15H9Br2FS/c16-14(10-5-3-6-12(18)15(10)17)11-8-19-13-7-2-1-4-9(11)13/h1-8,14H. The molecule has 2 aromatic carbocycles. The van der Waals surface area contributed by atoms with E-state index in [1.54, 1.807) is 17.4 Å². The number of halogens is 3. The van der Waals surface area contributed by atoms with Crippen LogP contribution in [-0.2, 0) is 0 Å². The molecule has 0 saturated carbocycles. The van der Waals surface area contributed by atoms with E-state index in [0.717, 1.165) is 5.56 Å². The molecule has 0 saturated heterocycles. The molecular weight excluding hydrogens is 391 g/mol. The molecule has 0 aliphatic carbocycles. The lowest BCUT2D eigenvalue weighted by atomic mass is 10.0. The Hall–Kier alpha value is -0.710. The van der Waals surface area contributed by atoms with E-state index in [-0.39, 0.29) is 10.6 Å². The minimum Gasteiger partial charge on any atom is -0.206 e. The highest BCUT2D eigenvalue weighted by Crippen LogP contribution is 2.41. The van der Waals surface area contributed by atoms with E-state index in [4.69, 9.17) is 0 Å². The van der Waals surface area contributed by atoms with Crippen LogP contribution in [0.5, 0.6) is 0 Å². The Bertz CT molecular complexity index is 736. The second-order valence-corrected chi connectivity index (χ2v) is 6.81. The summed E-state index contributed by atoms with van der Waals surface area (Å²) in [5.41, 5.74) is 2.08. The average Bonchev–Trinajstić information content (AvgIpc) is 2.85. The van der Waals surface area contributed by atoms with Crippen molar-refractivity contribution in [1.82, 2.24) is 0 Å². The van der Waals surface area contributed by atoms with Crippen molar-refractivity contribution in [3.8, 4) is 0 Å². The van der Waals surface area contributed by atoms with E-state index in [0.29, 0.717) is 4.47 Å². The van der Waals surface area contributed by atoms with Gasteiger partial charge in [0.2, 0.25) is 0 Å². The topological polar surface area (TPSA) is 0 Å². The van der Waals surface area contributed by atoms with Crippen LogP contribution in [0.25, 0.3) is 10.1 Å². The Balaban J connectivity index is 2.13. The number of hydrogen-bond acceptors (Lipinski definition) is 1. The normalized spacial score (nSPS) is 12.8. The molecule has 3 aromatic rings. The summed E-state index contributed by atoms with van der Waals surface area (Å²) in [5.74, 6) is -0.235. The van der Waals surface area contributed by atoms with Gasteiger partial charge in [-0.15, -0.1) is 11.3 Å². The molecule has 96 valence electrons. The minimum atomic E-state index is -0.235. The summed E-state index contributed by atoms with van der Waals surface area (Å²) in [6.45, 7) is 0. The van der Waals surface area contributed by atoms with Crippen molar-refractivity contribution < 1.29 is 4.39 Å². The first-order valence-electron chi connectivity index (χ1n) is 5.72. The first kappa shape index (κ1) is 13.3. The first-order valence-corrected chi connectivity index (χ1v) is 8.31. The van der Waals surface area contributed by atoms with Gasteiger partial charge in [0.15, 0.2) is 0 Å². The van der Waals surface area contributed by atoms with Crippen LogP contribution in [0.2, 0.25) is 0 Å². The van der Waals surface area contributed by atoms with Crippen molar-refractivity contribution in [2.24, 2.45) is 0 Å². The lowest BCUT2D eigenvalue weighted by molar-refractivity contribution is 0.619. The molecule has 0 aliphatic heterocycles. The van der Waals surface area contributed by atoms with E-state index in [9.17, 15) is 4.39 Å². The molecule has 1 heterocycles. The number of thiophene rings is 1. The lowest BCUT2D eigenvalue weighted by Gasteiger charge is -2.12. The average molecular weight is 400 g/mol. The summed E-state index contributed by atoms with van der Waals surface area (Å²) < 4.78 is 15.4. The van der Waals surface area contributed by atoms with Gasteiger partial charge in [0, 0.05) is 4.70 Å². The molecule has 4 heteroatoms. The zero-order valence-corrected chi connectivity index (χ0v) is 13.7.